The van der Waals surface area contributed by atoms with Crippen molar-refractivity contribution in [2.45, 2.75) is 64.8 Å². The average molecular weight is 488 g/mol. The summed E-state index contributed by atoms with van der Waals surface area (Å²) in [6.45, 7) is 10.2. The molecule has 190 valence electrons. The molecule has 2 aliphatic heterocycles. The molecule has 0 spiro atoms. The number of hydrogen-bond donors (Lipinski definition) is 3. The van der Waals surface area contributed by atoms with Gasteiger partial charge in [0.15, 0.2) is 11.7 Å². The molecule has 1 saturated carbocycles. The van der Waals surface area contributed by atoms with Crippen molar-refractivity contribution in [1.29, 1.82) is 0 Å². The zero-order valence-electron chi connectivity index (χ0n) is 22.0. The van der Waals surface area contributed by atoms with Crippen LogP contribution in [0.15, 0.2) is 58.5 Å². The maximum Gasteiger partial charge on any atom is 0.251 e. The Bertz CT molecular complexity index is 1220. The van der Waals surface area contributed by atoms with Gasteiger partial charge >= 0.3 is 0 Å². The fraction of sp³-hybridized carbons (Fsp3) is 0.464. The largest absolute Gasteiger partial charge is 0.353 e. The summed E-state index contributed by atoms with van der Waals surface area (Å²) in [5.41, 5.74) is 9.82. The number of carbonyl (C=O) groups is 1. The van der Waals surface area contributed by atoms with Gasteiger partial charge in [0.1, 0.15) is 0 Å². The maximum absolute atomic E-state index is 13.0. The third-order valence-corrected chi connectivity index (χ3v) is 7.15. The number of amidine groups is 1. The fourth-order valence-corrected chi connectivity index (χ4v) is 4.70. The second-order valence-electron chi connectivity index (χ2n) is 11.1. The van der Waals surface area contributed by atoms with Gasteiger partial charge < -0.3 is 15.5 Å². The Morgan fingerprint density at radius 2 is 1.92 bits per heavy atom. The number of hydrazone groups is 1. The van der Waals surface area contributed by atoms with Crippen LogP contribution in [-0.4, -0.2) is 45.6 Å². The summed E-state index contributed by atoms with van der Waals surface area (Å²) in [6.07, 6.45) is 6.26. The van der Waals surface area contributed by atoms with Crippen LogP contribution in [0.5, 0.6) is 0 Å². The van der Waals surface area contributed by atoms with Crippen LogP contribution < -0.4 is 16.1 Å². The smallest absolute Gasteiger partial charge is 0.251 e. The van der Waals surface area contributed by atoms with Crippen LogP contribution in [0.2, 0.25) is 0 Å². The highest BCUT2D eigenvalue weighted by atomic mass is 16.1. The van der Waals surface area contributed by atoms with E-state index in [1.54, 1.807) is 0 Å². The van der Waals surface area contributed by atoms with Crippen LogP contribution in [-0.2, 0) is 12.5 Å². The molecule has 1 aliphatic carbocycles. The van der Waals surface area contributed by atoms with Crippen LogP contribution in [0.4, 0.5) is 5.82 Å². The Morgan fingerprint density at radius 1 is 1.17 bits per heavy atom. The van der Waals surface area contributed by atoms with Gasteiger partial charge in [-0.15, -0.1) is 0 Å². The fourth-order valence-electron chi connectivity index (χ4n) is 4.70. The number of anilines is 1. The van der Waals surface area contributed by atoms with Gasteiger partial charge in [0.25, 0.3) is 5.91 Å². The Balaban J connectivity index is 1.27. The molecule has 8 heteroatoms. The van der Waals surface area contributed by atoms with Crippen molar-refractivity contribution in [2.75, 3.05) is 18.4 Å². The van der Waals surface area contributed by atoms with Crippen molar-refractivity contribution in [1.82, 2.24) is 25.4 Å². The number of nitrogens with one attached hydrogen (secondary N) is 3. The zero-order valence-corrected chi connectivity index (χ0v) is 22.0. The van der Waals surface area contributed by atoms with E-state index in [9.17, 15) is 4.79 Å². The Kier molecular flexibility index (Phi) is 6.36. The molecule has 1 saturated heterocycles. The van der Waals surface area contributed by atoms with Gasteiger partial charge in [-0.3, -0.25) is 14.9 Å². The number of nitrogens with zero attached hydrogens (tertiary/aromatic N) is 4. The van der Waals surface area contributed by atoms with E-state index < -0.39 is 0 Å². The molecule has 3 aliphatic rings. The molecule has 36 heavy (non-hydrogen) atoms. The number of hydrogen-bond acceptors (Lipinski definition) is 6. The molecule has 1 aromatic heterocycles. The summed E-state index contributed by atoms with van der Waals surface area (Å²) >= 11 is 0. The quantitative estimate of drug-likeness (QED) is 0.602. The number of piperidine rings is 1. The van der Waals surface area contributed by atoms with Crippen molar-refractivity contribution < 1.29 is 4.79 Å². The molecule has 1 amide bonds. The molecule has 0 radical (unpaired) electrons. The van der Waals surface area contributed by atoms with Crippen LogP contribution in [0.3, 0.4) is 0 Å². The van der Waals surface area contributed by atoms with Gasteiger partial charge in [0.05, 0.1) is 11.4 Å². The Hall–Kier alpha value is -3.55. The molecule has 1 unspecified atom stereocenters. The maximum atomic E-state index is 13.0. The summed E-state index contributed by atoms with van der Waals surface area (Å²) in [6, 6.07) is 10.1. The van der Waals surface area contributed by atoms with Gasteiger partial charge in [-0.25, -0.2) is 0 Å². The van der Waals surface area contributed by atoms with E-state index in [2.05, 4.69) is 65.0 Å². The molecule has 1 atom stereocenters. The van der Waals surface area contributed by atoms with Crippen LogP contribution in [0.1, 0.15) is 68.1 Å². The molecule has 2 fully saturated rings. The Morgan fingerprint density at radius 3 is 2.56 bits per heavy atom. The van der Waals surface area contributed by atoms with Gasteiger partial charge in [0.2, 0.25) is 0 Å². The van der Waals surface area contributed by atoms with Gasteiger partial charge in [-0.05, 0) is 61.3 Å². The van der Waals surface area contributed by atoms with E-state index in [1.165, 1.54) is 11.1 Å². The molecular weight excluding hydrogens is 450 g/mol. The number of likely N-dealkylation sites (tertiary alicyclic amines) is 1. The molecule has 5 rings (SSSR count). The minimum Gasteiger partial charge on any atom is -0.353 e. The SMILES string of the molecule is Cc1cc(NC2=CC(N3CCCC(NC(=O)c4ccc(C(C)(C)C)cc4)C3)=NNC2=C2CC2)nn1C. The summed E-state index contributed by atoms with van der Waals surface area (Å²) in [4.78, 5) is 15.2. The first-order valence-corrected chi connectivity index (χ1v) is 12.9. The van der Waals surface area contributed by atoms with Crippen LogP contribution >= 0.6 is 0 Å². The lowest BCUT2D eigenvalue weighted by molar-refractivity contribution is 0.0920. The van der Waals surface area contributed by atoms with E-state index in [0.29, 0.717) is 5.56 Å². The zero-order chi connectivity index (χ0) is 25.4. The first-order chi connectivity index (χ1) is 17.2. The molecule has 0 bridgehead atoms. The third-order valence-electron chi connectivity index (χ3n) is 7.15. The standard InChI is InChI=1S/C28H37N7O/c1-18-15-24(33-34(18)5)30-23-16-25(31-32-26(23)19-8-9-19)35-14-6-7-22(17-35)29-27(36)20-10-12-21(13-11-20)28(2,3)4/h10-13,15-16,22,32H,6-9,14,17H2,1-5H3,(H,29,36)(H,30,33). The summed E-state index contributed by atoms with van der Waals surface area (Å²) in [5, 5.41) is 16.0. The van der Waals surface area contributed by atoms with Gasteiger partial charge in [-0.1, -0.05) is 32.9 Å². The highest BCUT2D eigenvalue weighted by Gasteiger charge is 2.28. The number of allylic oxidation sites excluding steroid dienone is 1. The highest BCUT2D eigenvalue weighted by molar-refractivity contribution is 5.96. The van der Waals surface area contributed by atoms with E-state index in [-0.39, 0.29) is 17.4 Å². The number of rotatable bonds is 4. The third kappa shape index (κ3) is 5.32. The van der Waals surface area contributed by atoms with Gasteiger partial charge in [0, 0.05) is 49.6 Å². The predicted octanol–water partition coefficient (Wildman–Crippen LogP) is 4.18. The molecule has 1 aromatic carbocycles. The lowest BCUT2D eigenvalue weighted by Gasteiger charge is -2.35. The minimum absolute atomic E-state index is 0.0183. The first kappa shape index (κ1) is 24.2. The molecule has 3 N–H and O–H groups in total. The first-order valence-electron chi connectivity index (χ1n) is 12.9. The van der Waals surface area contributed by atoms with Crippen molar-refractivity contribution in [3.63, 3.8) is 0 Å². The van der Waals surface area contributed by atoms with E-state index in [4.69, 9.17) is 5.10 Å². The number of aromatic nitrogens is 2. The van der Waals surface area contributed by atoms with Crippen molar-refractivity contribution in [3.05, 3.63) is 70.2 Å². The molecule has 3 heterocycles. The summed E-state index contributed by atoms with van der Waals surface area (Å²) in [5.74, 6) is 1.68. The van der Waals surface area contributed by atoms with E-state index >= 15 is 0 Å². The number of carbonyl (C=O) groups excluding carboxylic acids is 1. The van der Waals surface area contributed by atoms with Crippen molar-refractivity contribution in [2.24, 2.45) is 12.1 Å². The van der Waals surface area contributed by atoms with Crippen molar-refractivity contribution in [3.8, 4) is 0 Å². The van der Waals surface area contributed by atoms with Gasteiger partial charge in [-0.2, -0.15) is 10.2 Å². The molecule has 8 nitrogen and oxygen atoms in total. The second-order valence-corrected chi connectivity index (χ2v) is 11.1. The lowest BCUT2D eigenvalue weighted by atomic mass is 9.86. The topological polar surface area (TPSA) is 86.6 Å². The van der Waals surface area contributed by atoms with E-state index in [0.717, 1.165) is 67.5 Å². The van der Waals surface area contributed by atoms with Crippen LogP contribution in [0.25, 0.3) is 0 Å². The lowest BCUT2D eigenvalue weighted by Crippen LogP contribution is -2.50. The highest BCUT2D eigenvalue weighted by Crippen LogP contribution is 2.35. The number of amides is 1. The monoisotopic (exact) mass is 487 g/mol. The Labute approximate surface area is 213 Å². The van der Waals surface area contributed by atoms with E-state index in [1.807, 2.05) is 36.9 Å². The normalized spacial score (nSPS) is 19.9. The molecular formula is C28H37N7O. The second kappa shape index (κ2) is 9.48. The van der Waals surface area contributed by atoms with Crippen LogP contribution in [0, 0.1) is 6.92 Å². The van der Waals surface area contributed by atoms with Crippen molar-refractivity contribution >= 4 is 17.6 Å². The number of aryl methyl sites for hydroxylation is 2. The summed E-state index contributed by atoms with van der Waals surface area (Å²) < 4.78 is 1.87. The minimum atomic E-state index is -0.0183. The summed E-state index contributed by atoms with van der Waals surface area (Å²) in [7, 11) is 1.95. The average Bonchev–Trinajstić information content (AvgIpc) is 3.64. The number of benzene rings is 1. The molecule has 2 aromatic rings. The predicted molar refractivity (Wildman–Crippen MR) is 144 cm³/mol.